The van der Waals surface area contributed by atoms with E-state index in [2.05, 4.69) is 28.4 Å². The quantitative estimate of drug-likeness (QED) is 0.880. The summed E-state index contributed by atoms with van der Waals surface area (Å²) in [6.07, 6.45) is 3.89. The summed E-state index contributed by atoms with van der Waals surface area (Å²) in [4.78, 5) is 14.8. The number of hydrogen-bond acceptors (Lipinski definition) is 2. The molecular weight excluding hydrogens is 315 g/mol. The van der Waals surface area contributed by atoms with Gasteiger partial charge in [0, 0.05) is 18.8 Å². The maximum atomic E-state index is 13.0. The largest absolute Gasteiger partial charge is 0.325 e. The van der Waals surface area contributed by atoms with Crippen molar-refractivity contribution in [1.82, 2.24) is 4.90 Å². The third-order valence-corrected chi connectivity index (χ3v) is 4.63. The first-order valence-electron chi connectivity index (χ1n) is 8.72. The molecule has 1 atom stereocenters. The summed E-state index contributed by atoms with van der Waals surface area (Å²) in [5.74, 6) is -0.342. The minimum absolute atomic E-state index is 0.0364. The van der Waals surface area contributed by atoms with Gasteiger partial charge in [-0.2, -0.15) is 0 Å². The van der Waals surface area contributed by atoms with Crippen LogP contribution in [0.25, 0.3) is 5.57 Å². The molecule has 1 aliphatic rings. The number of benzene rings is 2. The Kier molecular flexibility index (Phi) is 5.61. The van der Waals surface area contributed by atoms with E-state index < -0.39 is 0 Å². The van der Waals surface area contributed by atoms with Crippen molar-refractivity contribution in [3.8, 4) is 0 Å². The van der Waals surface area contributed by atoms with Crippen LogP contribution in [0.2, 0.25) is 0 Å². The summed E-state index contributed by atoms with van der Waals surface area (Å²) >= 11 is 0. The number of carbonyl (C=O) groups is 1. The highest BCUT2D eigenvalue weighted by Crippen LogP contribution is 2.24. The molecule has 0 saturated heterocycles. The fourth-order valence-electron chi connectivity index (χ4n) is 3.25. The SMILES string of the molecule is CCC(C(=O)Nc1ccc(F)cc1)N1CC=C(c2ccccc2)CC1. The number of nitrogens with one attached hydrogen (secondary N) is 1. The van der Waals surface area contributed by atoms with Crippen molar-refractivity contribution in [2.24, 2.45) is 0 Å². The molecule has 1 amide bonds. The fourth-order valence-corrected chi connectivity index (χ4v) is 3.25. The van der Waals surface area contributed by atoms with Gasteiger partial charge in [0.05, 0.1) is 6.04 Å². The zero-order valence-corrected chi connectivity index (χ0v) is 14.4. The molecule has 2 aromatic carbocycles. The molecule has 0 saturated carbocycles. The number of hydrogen-bond donors (Lipinski definition) is 1. The Labute approximate surface area is 148 Å². The predicted octanol–water partition coefficient (Wildman–Crippen LogP) is 4.33. The van der Waals surface area contributed by atoms with Crippen LogP contribution in [0, 0.1) is 5.82 Å². The van der Waals surface area contributed by atoms with Crippen LogP contribution in [0.5, 0.6) is 0 Å². The average molecular weight is 338 g/mol. The monoisotopic (exact) mass is 338 g/mol. The fraction of sp³-hybridized carbons (Fsp3) is 0.286. The Hall–Kier alpha value is -2.46. The van der Waals surface area contributed by atoms with Gasteiger partial charge in [0.1, 0.15) is 5.82 Å². The van der Waals surface area contributed by atoms with E-state index in [4.69, 9.17) is 0 Å². The molecule has 0 radical (unpaired) electrons. The van der Waals surface area contributed by atoms with E-state index >= 15 is 0 Å². The van der Waals surface area contributed by atoms with Gasteiger partial charge < -0.3 is 5.32 Å². The summed E-state index contributed by atoms with van der Waals surface area (Å²) in [5, 5.41) is 2.89. The van der Waals surface area contributed by atoms with Gasteiger partial charge in [-0.15, -0.1) is 0 Å². The van der Waals surface area contributed by atoms with Gasteiger partial charge in [-0.1, -0.05) is 43.3 Å². The maximum absolute atomic E-state index is 13.0. The Morgan fingerprint density at radius 3 is 2.48 bits per heavy atom. The maximum Gasteiger partial charge on any atom is 0.241 e. The summed E-state index contributed by atoms with van der Waals surface area (Å²) in [5.41, 5.74) is 3.22. The predicted molar refractivity (Wildman–Crippen MR) is 99.7 cm³/mol. The highest BCUT2D eigenvalue weighted by atomic mass is 19.1. The first-order valence-corrected chi connectivity index (χ1v) is 8.72. The number of carbonyl (C=O) groups excluding carboxylic acids is 1. The molecule has 0 spiro atoms. The lowest BCUT2D eigenvalue weighted by Crippen LogP contribution is -2.45. The zero-order chi connectivity index (χ0) is 17.6. The standard InChI is InChI=1S/C21H23FN2O/c1-2-20(21(25)23-19-10-8-18(22)9-11-19)24-14-12-17(13-15-24)16-6-4-3-5-7-16/h3-12,20H,2,13-15H2,1H3,(H,23,25). The van der Waals surface area contributed by atoms with Gasteiger partial charge in [0.15, 0.2) is 0 Å². The summed E-state index contributed by atoms with van der Waals surface area (Å²) in [6, 6.07) is 16.1. The van der Waals surface area contributed by atoms with Gasteiger partial charge >= 0.3 is 0 Å². The van der Waals surface area contributed by atoms with E-state index in [1.807, 2.05) is 25.1 Å². The van der Waals surface area contributed by atoms with Crippen LogP contribution in [-0.4, -0.2) is 29.9 Å². The Balaban J connectivity index is 1.64. The first kappa shape index (κ1) is 17.4. The molecule has 25 heavy (non-hydrogen) atoms. The summed E-state index contributed by atoms with van der Waals surface area (Å²) < 4.78 is 13.0. The smallest absolute Gasteiger partial charge is 0.241 e. The van der Waals surface area contributed by atoms with E-state index in [0.29, 0.717) is 5.69 Å². The second-order valence-electron chi connectivity index (χ2n) is 6.26. The minimum Gasteiger partial charge on any atom is -0.325 e. The minimum atomic E-state index is -0.306. The van der Waals surface area contributed by atoms with Crippen LogP contribution in [-0.2, 0) is 4.79 Å². The first-order chi connectivity index (χ1) is 12.2. The lowest BCUT2D eigenvalue weighted by Gasteiger charge is -2.32. The number of anilines is 1. The molecule has 0 bridgehead atoms. The number of halogens is 1. The number of amides is 1. The van der Waals surface area contributed by atoms with E-state index in [1.54, 1.807) is 12.1 Å². The van der Waals surface area contributed by atoms with Crippen molar-refractivity contribution >= 4 is 17.2 Å². The van der Waals surface area contributed by atoms with Crippen LogP contribution in [0.1, 0.15) is 25.3 Å². The molecular formula is C21H23FN2O. The van der Waals surface area contributed by atoms with Gasteiger partial charge in [-0.3, -0.25) is 9.69 Å². The summed E-state index contributed by atoms with van der Waals surface area (Å²) in [6.45, 7) is 3.64. The van der Waals surface area contributed by atoms with Crippen molar-refractivity contribution < 1.29 is 9.18 Å². The molecule has 0 aliphatic carbocycles. The third kappa shape index (κ3) is 4.34. The molecule has 3 rings (SSSR count). The van der Waals surface area contributed by atoms with Crippen molar-refractivity contribution in [3.63, 3.8) is 0 Å². The van der Waals surface area contributed by atoms with Crippen LogP contribution in [0.15, 0.2) is 60.7 Å². The molecule has 3 nitrogen and oxygen atoms in total. The number of nitrogens with zero attached hydrogens (tertiary/aromatic N) is 1. The number of rotatable bonds is 5. The van der Waals surface area contributed by atoms with Crippen LogP contribution in [0.4, 0.5) is 10.1 Å². The highest BCUT2D eigenvalue weighted by Gasteiger charge is 2.26. The third-order valence-electron chi connectivity index (χ3n) is 4.63. The second kappa shape index (κ2) is 8.08. The molecule has 0 aromatic heterocycles. The molecule has 1 aliphatic heterocycles. The van der Waals surface area contributed by atoms with Crippen molar-refractivity contribution in [1.29, 1.82) is 0 Å². The molecule has 2 aromatic rings. The Morgan fingerprint density at radius 1 is 1.16 bits per heavy atom. The molecule has 0 fully saturated rings. The zero-order valence-electron chi connectivity index (χ0n) is 14.4. The average Bonchev–Trinajstić information content (AvgIpc) is 2.65. The molecule has 4 heteroatoms. The van der Waals surface area contributed by atoms with Crippen LogP contribution < -0.4 is 5.32 Å². The van der Waals surface area contributed by atoms with E-state index in [9.17, 15) is 9.18 Å². The Bertz CT molecular complexity index is 740. The van der Waals surface area contributed by atoms with Crippen molar-refractivity contribution in [2.45, 2.75) is 25.8 Å². The van der Waals surface area contributed by atoms with Crippen molar-refractivity contribution in [2.75, 3.05) is 18.4 Å². The van der Waals surface area contributed by atoms with E-state index in [0.717, 1.165) is 25.9 Å². The molecule has 1 N–H and O–H groups in total. The van der Waals surface area contributed by atoms with Gasteiger partial charge in [0.25, 0.3) is 0 Å². The van der Waals surface area contributed by atoms with E-state index in [-0.39, 0.29) is 17.8 Å². The van der Waals surface area contributed by atoms with Crippen molar-refractivity contribution in [3.05, 3.63) is 72.1 Å². The van der Waals surface area contributed by atoms with Crippen LogP contribution in [0.3, 0.4) is 0 Å². The van der Waals surface area contributed by atoms with E-state index in [1.165, 1.54) is 23.3 Å². The topological polar surface area (TPSA) is 32.3 Å². The molecule has 1 unspecified atom stereocenters. The highest BCUT2D eigenvalue weighted by molar-refractivity contribution is 5.94. The van der Waals surface area contributed by atoms with Gasteiger partial charge in [0.2, 0.25) is 5.91 Å². The van der Waals surface area contributed by atoms with Gasteiger partial charge in [-0.25, -0.2) is 4.39 Å². The molecule has 1 heterocycles. The normalized spacial score (nSPS) is 16.2. The lowest BCUT2D eigenvalue weighted by atomic mass is 9.98. The van der Waals surface area contributed by atoms with Crippen LogP contribution >= 0.6 is 0 Å². The Morgan fingerprint density at radius 2 is 1.88 bits per heavy atom. The second-order valence-corrected chi connectivity index (χ2v) is 6.26. The summed E-state index contributed by atoms with van der Waals surface area (Å²) in [7, 11) is 0. The molecule has 130 valence electrons. The van der Waals surface area contributed by atoms with Gasteiger partial charge in [-0.05, 0) is 48.2 Å². The lowest BCUT2D eigenvalue weighted by molar-refractivity contribution is -0.121.